The van der Waals surface area contributed by atoms with Crippen LogP contribution in [0.15, 0.2) is 29.2 Å². The Morgan fingerprint density at radius 1 is 1.41 bits per heavy atom. The lowest BCUT2D eigenvalue weighted by atomic mass is 10.2. The molecule has 0 bridgehead atoms. The number of nitrogens with one attached hydrogen (secondary N) is 1. The summed E-state index contributed by atoms with van der Waals surface area (Å²) < 4.78 is 0. The van der Waals surface area contributed by atoms with E-state index in [1.807, 2.05) is 19.2 Å². The van der Waals surface area contributed by atoms with Gasteiger partial charge in [-0.15, -0.1) is 11.8 Å². The van der Waals surface area contributed by atoms with Gasteiger partial charge in [0.15, 0.2) is 0 Å². The minimum Gasteiger partial charge on any atom is -0.317 e. The first-order valence-electron chi connectivity index (χ1n) is 5.68. The molecule has 0 saturated carbocycles. The van der Waals surface area contributed by atoms with Crippen LogP contribution >= 0.6 is 11.8 Å². The molecule has 5 heteroatoms. The van der Waals surface area contributed by atoms with Crippen molar-refractivity contribution in [3.05, 3.63) is 34.4 Å². The van der Waals surface area contributed by atoms with Crippen molar-refractivity contribution < 1.29 is 4.92 Å². The van der Waals surface area contributed by atoms with Crippen LogP contribution < -0.4 is 5.32 Å². The second kappa shape index (κ2) is 7.29. The Balaban J connectivity index is 2.30. The fourth-order valence-corrected chi connectivity index (χ4v) is 2.26. The second-order valence-corrected chi connectivity index (χ2v) is 5.10. The van der Waals surface area contributed by atoms with Gasteiger partial charge in [0.2, 0.25) is 0 Å². The topological polar surface area (TPSA) is 55.2 Å². The monoisotopic (exact) mass is 254 g/mol. The molecule has 0 fully saturated rings. The zero-order valence-corrected chi connectivity index (χ0v) is 11.0. The van der Waals surface area contributed by atoms with Crippen LogP contribution in [-0.4, -0.2) is 23.8 Å². The smallest absolute Gasteiger partial charge is 0.269 e. The molecule has 0 spiro atoms. The highest BCUT2D eigenvalue weighted by molar-refractivity contribution is 7.99. The average molecular weight is 254 g/mol. The summed E-state index contributed by atoms with van der Waals surface area (Å²) in [5.74, 6) is 1.05. The number of hydrogen-bond donors (Lipinski definition) is 1. The van der Waals surface area contributed by atoms with Gasteiger partial charge in [0.05, 0.1) is 4.92 Å². The van der Waals surface area contributed by atoms with Gasteiger partial charge < -0.3 is 5.32 Å². The first kappa shape index (κ1) is 14.0. The van der Waals surface area contributed by atoms with Gasteiger partial charge in [0.25, 0.3) is 5.69 Å². The Kier molecular flexibility index (Phi) is 6.00. The van der Waals surface area contributed by atoms with Crippen LogP contribution in [-0.2, 0) is 0 Å². The molecule has 1 unspecified atom stereocenters. The van der Waals surface area contributed by atoms with Crippen molar-refractivity contribution in [3.8, 4) is 0 Å². The standard InChI is InChI=1S/C12H18N2O2S/c1-10(13-2)4-3-9-17-12-7-5-11(6-8-12)14(15)16/h5-8,10,13H,3-4,9H2,1-2H3. The van der Waals surface area contributed by atoms with Gasteiger partial charge >= 0.3 is 0 Å². The van der Waals surface area contributed by atoms with Crippen molar-refractivity contribution in [2.75, 3.05) is 12.8 Å². The fourth-order valence-electron chi connectivity index (χ4n) is 1.39. The van der Waals surface area contributed by atoms with Gasteiger partial charge in [-0.1, -0.05) is 0 Å². The molecule has 0 heterocycles. The summed E-state index contributed by atoms with van der Waals surface area (Å²) in [6, 6.07) is 7.28. The number of hydrogen-bond acceptors (Lipinski definition) is 4. The van der Waals surface area contributed by atoms with Gasteiger partial charge in [-0.25, -0.2) is 0 Å². The quantitative estimate of drug-likeness (QED) is 0.351. The van der Waals surface area contributed by atoms with Crippen molar-refractivity contribution in [2.45, 2.75) is 30.7 Å². The Bertz CT molecular complexity index is 354. The van der Waals surface area contributed by atoms with Crippen LogP contribution in [0, 0.1) is 10.1 Å². The van der Waals surface area contributed by atoms with Crippen molar-refractivity contribution in [1.29, 1.82) is 0 Å². The van der Waals surface area contributed by atoms with Crippen molar-refractivity contribution in [1.82, 2.24) is 5.32 Å². The number of nitro groups is 1. The number of nitrogens with zero attached hydrogens (tertiary/aromatic N) is 1. The van der Waals surface area contributed by atoms with Crippen molar-refractivity contribution in [2.24, 2.45) is 0 Å². The SMILES string of the molecule is CNC(C)CCCSc1ccc([N+](=O)[O-])cc1. The van der Waals surface area contributed by atoms with Gasteiger partial charge in [0.1, 0.15) is 0 Å². The van der Waals surface area contributed by atoms with Crippen LogP contribution in [0.4, 0.5) is 5.69 Å². The first-order valence-corrected chi connectivity index (χ1v) is 6.66. The molecule has 0 saturated heterocycles. The summed E-state index contributed by atoms with van der Waals surface area (Å²) in [5.41, 5.74) is 0.151. The lowest BCUT2D eigenvalue weighted by molar-refractivity contribution is -0.384. The van der Waals surface area contributed by atoms with Gasteiger partial charge in [-0.3, -0.25) is 10.1 Å². The van der Waals surface area contributed by atoms with Crippen LogP contribution in [0.3, 0.4) is 0 Å². The fraction of sp³-hybridized carbons (Fsp3) is 0.500. The molecular weight excluding hydrogens is 236 g/mol. The maximum atomic E-state index is 10.5. The van der Waals surface area contributed by atoms with Crippen molar-refractivity contribution in [3.63, 3.8) is 0 Å². The Morgan fingerprint density at radius 2 is 2.06 bits per heavy atom. The van der Waals surface area contributed by atoms with Crippen LogP contribution in [0.25, 0.3) is 0 Å². The van der Waals surface area contributed by atoms with E-state index in [1.165, 1.54) is 0 Å². The molecule has 17 heavy (non-hydrogen) atoms. The predicted octanol–water partition coefficient (Wildman–Crippen LogP) is 3.08. The molecule has 1 aromatic rings. The van der Waals surface area contributed by atoms with E-state index < -0.39 is 0 Å². The summed E-state index contributed by atoms with van der Waals surface area (Å²) in [4.78, 5) is 11.2. The number of non-ortho nitro benzene ring substituents is 1. The summed E-state index contributed by atoms with van der Waals surface area (Å²) in [6.07, 6.45) is 2.29. The van der Waals surface area contributed by atoms with Crippen LogP contribution in [0.5, 0.6) is 0 Å². The van der Waals surface area contributed by atoms with E-state index in [2.05, 4.69) is 12.2 Å². The molecule has 1 atom stereocenters. The summed E-state index contributed by atoms with van der Waals surface area (Å²) in [6.45, 7) is 2.16. The third-order valence-corrected chi connectivity index (χ3v) is 3.69. The molecule has 0 aromatic heterocycles. The molecule has 1 N–H and O–H groups in total. The zero-order valence-electron chi connectivity index (χ0n) is 10.2. The van der Waals surface area contributed by atoms with E-state index in [0.29, 0.717) is 6.04 Å². The van der Waals surface area contributed by atoms with E-state index in [9.17, 15) is 10.1 Å². The Hall–Kier alpha value is -1.07. The molecule has 0 aliphatic carbocycles. The number of nitro benzene ring substituents is 1. The summed E-state index contributed by atoms with van der Waals surface area (Å²) in [5, 5.41) is 13.7. The normalized spacial score (nSPS) is 12.4. The molecule has 0 aliphatic heterocycles. The van der Waals surface area contributed by atoms with E-state index in [-0.39, 0.29) is 10.6 Å². The van der Waals surface area contributed by atoms with Gasteiger partial charge in [-0.05, 0) is 44.7 Å². The van der Waals surface area contributed by atoms with E-state index in [1.54, 1.807) is 23.9 Å². The van der Waals surface area contributed by atoms with E-state index >= 15 is 0 Å². The van der Waals surface area contributed by atoms with Crippen molar-refractivity contribution >= 4 is 17.4 Å². The molecule has 1 aromatic carbocycles. The highest BCUT2D eigenvalue weighted by atomic mass is 32.2. The van der Waals surface area contributed by atoms with Crippen LogP contribution in [0.2, 0.25) is 0 Å². The van der Waals surface area contributed by atoms with E-state index in [0.717, 1.165) is 23.5 Å². The minimum atomic E-state index is -0.372. The molecule has 0 amide bonds. The Morgan fingerprint density at radius 3 is 2.59 bits per heavy atom. The predicted molar refractivity (Wildman–Crippen MR) is 71.6 cm³/mol. The maximum absolute atomic E-state index is 10.5. The lowest BCUT2D eigenvalue weighted by Gasteiger charge is -2.08. The molecule has 0 radical (unpaired) electrons. The molecule has 4 nitrogen and oxygen atoms in total. The molecule has 1 rings (SSSR count). The highest BCUT2D eigenvalue weighted by Gasteiger charge is 2.04. The largest absolute Gasteiger partial charge is 0.317 e. The molecule has 0 aliphatic rings. The second-order valence-electron chi connectivity index (χ2n) is 3.93. The maximum Gasteiger partial charge on any atom is 0.269 e. The summed E-state index contributed by atoms with van der Waals surface area (Å²) in [7, 11) is 1.97. The highest BCUT2D eigenvalue weighted by Crippen LogP contribution is 2.22. The zero-order chi connectivity index (χ0) is 12.7. The average Bonchev–Trinajstić information content (AvgIpc) is 2.34. The third-order valence-electron chi connectivity index (χ3n) is 2.59. The van der Waals surface area contributed by atoms with Gasteiger partial charge in [-0.2, -0.15) is 0 Å². The number of rotatable bonds is 7. The summed E-state index contributed by atoms with van der Waals surface area (Å²) >= 11 is 1.74. The third kappa shape index (κ3) is 5.19. The van der Waals surface area contributed by atoms with Gasteiger partial charge in [0, 0.05) is 23.1 Å². The van der Waals surface area contributed by atoms with Crippen LogP contribution in [0.1, 0.15) is 19.8 Å². The Labute approximate surface area is 106 Å². The lowest BCUT2D eigenvalue weighted by Crippen LogP contribution is -2.20. The molecular formula is C12H18N2O2S. The van der Waals surface area contributed by atoms with E-state index in [4.69, 9.17) is 0 Å². The number of benzene rings is 1. The number of thioether (sulfide) groups is 1. The molecule has 94 valence electrons. The minimum absolute atomic E-state index is 0.151. The first-order chi connectivity index (χ1) is 8.13.